The number of aromatic nitrogens is 2. The number of hydrogen-bond donors (Lipinski definition) is 1. The molecule has 4 rings (SSSR count). The van der Waals surface area contributed by atoms with Crippen LogP contribution >= 0.6 is 11.3 Å². The second-order valence-corrected chi connectivity index (χ2v) is 7.85. The molecule has 126 valence electrons. The van der Waals surface area contributed by atoms with Crippen LogP contribution in [0.15, 0.2) is 29.3 Å². The van der Waals surface area contributed by atoms with Crippen LogP contribution in [0.2, 0.25) is 0 Å². The first-order valence-corrected chi connectivity index (χ1v) is 9.67. The summed E-state index contributed by atoms with van der Waals surface area (Å²) in [5.41, 5.74) is 1.22. The molecule has 0 unspecified atom stereocenters. The number of nitrogens with zero attached hydrogens (tertiary/aromatic N) is 2. The van der Waals surface area contributed by atoms with Crippen molar-refractivity contribution in [1.29, 1.82) is 0 Å². The standard InChI is InChI=1S/C19H23N3OS/c1-3-20-15-8-10-21-18-16(15)14-9-11-22(19(23)17(14)24-18)13-6-4-12(2)5-7-13/h8-13H,3-7H2,1-2H3,(H,20,21). The van der Waals surface area contributed by atoms with E-state index >= 15 is 0 Å². The molecule has 5 heteroatoms. The van der Waals surface area contributed by atoms with Gasteiger partial charge < -0.3 is 9.88 Å². The molecule has 0 amide bonds. The molecule has 1 aliphatic rings. The lowest BCUT2D eigenvalue weighted by atomic mass is 9.87. The van der Waals surface area contributed by atoms with Gasteiger partial charge in [-0.1, -0.05) is 6.92 Å². The smallest absolute Gasteiger partial charge is 0.268 e. The van der Waals surface area contributed by atoms with Crippen molar-refractivity contribution < 1.29 is 0 Å². The van der Waals surface area contributed by atoms with Gasteiger partial charge in [0.05, 0.1) is 0 Å². The highest BCUT2D eigenvalue weighted by Crippen LogP contribution is 2.36. The van der Waals surface area contributed by atoms with Gasteiger partial charge in [0.2, 0.25) is 0 Å². The molecule has 1 N–H and O–H groups in total. The van der Waals surface area contributed by atoms with Gasteiger partial charge in [-0.3, -0.25) is 4.79 Å². The van der Waals surface area contributed by atoms with Crippen molar-refractivity contribution in [2.24, 2.45) is 5.92 Å². The van der Waals surface area contributed by atoms with Gasteiger partial charge in [-0.25, -0.2) is 4.98 Å². The number of pyridine rings is 2. The number of hydrogen-bond acceptors (Lipinski definition) is 4. The number of nitrogens with one attached hydrogen (secondary N) is 1. The van der Waals surface area contributed by atoms with Crippen LogP contribution in [0.5, 0.6) is 0 Å². The quantitative estimate of drug-likeness (QED) is 0.745. The average Bonchev–Trinajstić information content (AvgIpc) is 2.97. The summed E-state index contributed by atoms with van der Waals surface area (Å²) in [5, 5.41) is 5.50. The maximum atomic E-state index is 13.1. The largest absolute Gasteiger partial charge is 0.385 e. The Balaban J connectivity index is 1.86. The summed E-state index contributed by atoms with van der Waals surface area (Å²) in [5.74, 6) is 0.789. The Morgan fingerprint density at radius 3 is 2.83 bits per heavy atom. The van der Waals surface area contributed by atoms with Crippen LogP contribution in [0.1, 0.15) is 45.6 Å². The summed E-state index contributed by atoms with van der Waals surface area (Å²) < 4.78 is 2.81. The first kappa shape index (κ1) is 15.6. The topological polar surface area (TPSA) is 46.9 Å². The van der Waals surface area contributed by atoms with Gasteiger partial charge in [0.1, 0.15) is 9.53 Å². The minimum absolute atomic E-state index is 0.150. The molecule has 0 spiro atoms. The van der Waals surface area contributed by atoms with Crippen molar-refractivity contribution in [2.45, 2.75) is 45.6 Å². The molecule has 0 aromatic carbocycles. The molecule has 1 aliphatic carbocycles. The number of rotatable bonds is 3. The molecule has 0 radical (unpaired) electrons. The fraction of sp³-hybridized carbons (Fsp3) is 0.474. The van der Waals surface area contributed by atoms with Crippen molar-refractivity contribution in [3.63, 3.8) is 0 Å². The highest BCUT2D eigenvalue weighted by Gasteiger charge is 2.22. The molecule has 3 aromatic rings. The molecule has 0 saturated heterocycles. The minimum atomic E-state index is 0.150. The summed E-state index contributed by atoms with van der Waals surface area (Å²) in [6.07, 6.45) is 8.47. The van der Waals surface area contributed by atoms with E-state index in [9.17, 15) is 4.79 Å². The second-order valence-electron chi connectivity index (χ2n) is 6.86. The third kappa shape index (κ3) is 2.51. The van der Waals surface area contributed by atoms with Crippen molar-refractivity contribution in [3.8, 4) is 0 Å². The van der Waals surface area contributed by atoms with E-state index in [4.69, 9.17) is 0 Å². The van der Waals surface area contributed by atoms with Crippen LogP contribution in [-0.4, -0.2) is 16.1 Å². The number of anilines is 1. The molecule has 0 atom stereocenters. The van der Waals surface area contributed by atoms with Crippen LogP contribution in [0, 0.1) is 5.92 Å². The van der Waals surface area contributed by atoms with Crippen molar-refractivity contribution in [2.75, 3.05) is 11.9 Å². The maximum Gasteiger partial charge on any atom is 0.268 e. The zero-order valence-electron chi connectivity index (χ0n) is 14.2. The predicted molar refractivity (Wildman–Crippen MR) is 102 cm³/mol. The van der Waals surface area contributed by atoms with Crippen LogP contribution in [0.3, 0.4) is 0 Å². The van der Waals surface area contributed by atoms with Crippen LogP contribution in [0.25, 0.3) is 20.3 Å². The Labute approximate surface area is 145 Å². The Bertz CT molecular complexity index is 935. The maximum absolute atomic E-state index is 13.1. The average molecular weight is 341 g/mol. The molecule has 0 bridgehead atoms. The van der Waals surface area contributed by atoms with Gasteiger partial charge in [-0.2, -0.15) is 0 Å². The van der Waals surface area contributed by atoms with Crippen molar-refractivity contribution in [3.05, 3.63) is 34.9 Å². The molecule has 24 heavy (non-hydrogen) atoms. The summed E-state index contributed by atoms with van der Waals surface area (Å²) in [7, 11) is 0. The van der Waals surface area contributed by atoms with Crippen molar-refractivity contribution in [1.82, 2.24) is 9.55 Å². The SMILES string of the molecule is CCNc1ccnc2sc3c(=O)n(C4CCC(C)CC4)ccc3c12. The van der Waals surface area contributed by atoms with Gasteiger partial charge in [0.25, 0.3) is 5.56 Å². The fourth-order valence-corrected chi connectivity index (χ4v) is 4.95. The first-order chi connectivity index (χ1) is 11.7. The normalized spacial score (nSPS) is 21.4. The highest BCUT2D eigenvalue weighted by molar-refractivity contribution is 7.25. The van der Waals surface area contributed by atoms with Crippen LogP contribution in [-0.2, 0) is 0 Å². The van der Waals surface area contributed by atoms with Crippen molar-refractivity contribution >= 4 is 37.3 Å². The zero-order chi connectivity index (χ0) is 16.7. The van der Waals surface area contributed by atoms with E-state index in [-0.39, 0.29) is 5.56 Å². The third-order valence-electron chi connectivity index (χ3n) is 5.21. The lowest BCUT2D eigenvalue weighted by Crippen LogP contribution is -2.26. The highest BCUT2D eigenvalue weighted by atomic mass is 32.1. The second kappa shape index (κ2) is 6.20. The van der Waals surface area contributed by atoms with E-state index in [0.29, 0.717) is 6.04 Å². The fourth-order valence-electron chi connectivity index (χ4n) is 3.85. The number of fused-ring (bicyclic) bond motifs is 3. The van der Waals surface area contributed by atoms with E-state index in [0.717, 1.165) is 51.3 Å². The molecule has 0 aliphatic heterocycles. The van der Waals surface area contributed by atoms with Gasteiger partial charge in [-0.15, -0.1) is 11.3 Å². The van der Waals surface area contributed by atoms with E-state index in [1.807, 2.05) is 23.0 Å². The Morgan fingerprint density at radius 2 is 2.08 bits per heavy atom. The monoisotopic (exact) mass is 341 g/mol. The Morgan fingerprint density at radius 1 is 1.29 bits per heavy atom. The van der Waals surface area contributed by atoms with E-state index in [1.54, 1.807) is 0 Å². The van der Waals surface area contributed by atoms with Gasteiger partial charge in [0, 0.05) is 41.4 Å². The lowest BCUT2D eigenvalue weighted by Gasteiger charge is -2.27. The molecule has 1 saturated carbocycles. The van der Waals surface area contributed by atoms with E-state index < -0.39 is 0 Å². The Kier molecular flexibility index (Phi) is 4.04. The lowest BCUT2D eigenvalue weighted by molar-refractivity contribution is 0.286. The van der Waals surface area contributed by atoms with Gasteiger partial charge in [0.15, 0.2) is 0 Å². The first-order valence-electron chi connectivity index (χ1n) is 8.85. The van der Waals surface area contributed by atoms with Crippen LogP contribution < -0.4 is 10.9 Å². The Hall–Kier alpha value is -1.88. The summed E-state index contributed by atoms with van der Waals surface area (Å²) in [6, 6.07) is 4.45. The van der Waals surface area contributed by atoms with Crippen LogP contribution in [0.4, 0.5) is 5.69 Å². The molecular weight excluding hydrogens is 318 g/mol. The van der Waals surface area contributed by atoms with Gasteiger partial charge >= 0.3 is 0 Å². The number of thiophene rings is 1. The summed E-state index contributed by atoms with van der Waals surface area (Å²) >= 11 is 1.52. The molecule has 3 aromatic heterocycles. The zero-order valence-corrected chi connectivity index (χ0v) is 15.0. The third-order valence-corrected chi connectivity index (χ3v) is 6.31. The van der Waals surface area contributed by atoms with Gasteiger partial charge in [-0.05, 0) is 50.7 Å². The molecule has 3 heterocycles. The summed E-state index contributed by atoms with van der Waals surface area (Å²) in [4.78, 5) is 18.5. The molecule has 4 nitrogen and oxygen atoms in total. The minimum Gasteiger partial charge on any atom is -0.385 e. The molecule has 1 fully saturated rings. The predicted octanol–water partition coefficient (Wildman–Crippen LogP) is 4.79. The van der Waals surface area contributed by atoms with E-state index in [2.05, 4.69) is 30.2 Å². The van der Waals surface area contributed by atoms with E-state index in [1.165, 1.54) is 24.2 Å². The summed E-state index contributed by atoms with van der Waals surface area (Å²) in [6.45, 7) is 5.24. The molecular formula is C19H23N3OS.